The van der Waals surface area contributed by atoms with Gasteiger partial charge in [-0.25, -0.2) is 0 Å². The van der Waals surface area contributed by atoms with E-state index in [2.05, 4.69) is 22.9 Å². The molecule has 0 aromatic heterocycles. The lowest BCUT2D eigenvalue weighted by Crippen LogP contribution is -2.48. The molecule has 3 saturated carbocycles. The molecular weight excluding hydrogens is 650 g/mol. The summed E-state index contributed by atoms with van der Waals surface area (Å²) in [4.78, 5) is 70.4. The summed E-state index contributed by atoms with van der Waals surface area (Å²) in [6.07, 6.45) is 4.78. The van der Waals surface area contributed by atoms with Crippen LogP contribution in [0.5, 0.6) is 0 Å². The summed E-state index contributed by atoms with van der Waals surface area (Å²) in [5.41, 5.74) is -1.13. The van der Waals surface area contributed by atoms with Crippen molar-refractivity contribution < 1.29 is 28.1 Å². The standard InChI is InChI=1S/C33H44BrNO6S.O2/c1-6-22-16-33(22,19(2)36)17-29(37)28-14-25(41-42-26-9-7-23(34)8-10-26)18-35(28)31(39)27(32(3,4)5)15-30(38)40-24-12-20-11-21(20)13-24;1-2/h7-10,20-22,24-25,27-28H,6,11-18H2,1-5H3;/t20-,21+,22-,24?,25+,27-,28+,33+;/m1./s1. The van der Waals surface area contributed by atoms with E-state index in [4.69, 9.17) is 18.8 Å². The molecule has 1 saturated heterocycles. The van der Waals surface area contributed by atoms with Gasteiger partial charge in [0.1, 0.15) is 11.9 Å². The molecule has 1 amide bonds. The molecular formula is C33H44BrNO8S. The SMILES string of the molecule is CC[C@@H]1C[C@]1(CC(=O)[C@@H]1C[C@H](OSc2ccc(Br)cc2)CN1C(=O)[C@@H](CC(=O)OC1C[C@@H]2C[C@@H]2C1)C(C)(C)C)C(C)=O.O=O. The maximum absolute atomic E-state index is 14.3. The van der Waals surface area contributed by atoms with E-state index in [0.717, 1.165) is 35.1 Å². The number of Topliss-reactive ketones (excluding diaryl/α,β-unsaturated/α-hetero) is 2. The van der Waals surface area contributed by atoms with Gasteiger partial charge in [0.05, 0.1) is 24.5 Å². The molecule has 1 aromatic carbocycles. The predicted molar refractivity (Wildman–Crippen MR) is 171 cm³/mol. The number of likely N-dealkylation sites (tertiary alicyclic amines) is 1. The van der Waals surface area contributed by atoms with Crippen molar-refractivity contribution in [2.75, 3.05) is 6.54 Å². The Kier molecular flexibility index (Phi) is 11.2. The highest BCUT2D eigenvalue weighted by Gasteiger charge is 2.59. The van der Waals surface area contributed by atoms with Crippen LogP contribution in [0.4, 0.5) is 0 Å². The number of nitrogens with zero attached hydrogens (tertiary/aromatic N) is 1. The second-order valence-corrected chi connectivity index (χ2v) is 15.9. The van der Waals surface area contributed by atoms with E-state index in [0.29, 0.717) is 18.3 Å². The zero-order chi connectivity index (χ0) is 32.4. The third-order valence-electron chi connectivity index (χ3n) is 10.1. The number of benzene rings is 1. The molecule has 5 rings (SSSR count). The monoisotopic (exact) mass is 693 g/mol. The lowest BCUT2D eigenvalue weighted by molar-refractivity contribution is -0.156. The number of hydrogen-bond donors (Lipinski definition) is 0. The van der Waals surface area contributed by atoms with Crippen molar-refractivity contribution in [3.63, 3.8) is 0 Å². The average molecular weight is 695 g/mol. The summed E-state index contributed by atoms with van der Waals surface area (Å²) < 4.78 is 13.0. The molecule has 1 aliphatic heterocycles. The van der Waals surface area contributed by atoms with E-state index < -0.39 is 22.8 Å². The second kappa shape index (κ2) is 14.1. The summed E-state index contributed by atoms with van der Waals surface area (Å²) in [5.74, 6) is 0.378. The van der Waals surface area contributed by atoms with Gasteiger partial charge in [0.25, 0.3) is 0 Å². The molecule has 44 heavy (non-hydrogen) atoms. The molecule has 3 aliphatic carbocycles. The largest absolute Gasteiger partial charge is 0.462 e. The van der Waals surface area contributed by atoms with Crippen LogP contribution in [0.25, 0.3) is 0 Å². The Labute approximate surface area is 272 Å². The first-order valence-electron chi connectivity index (χ1n) is 15.6. The van der Waals surface area contributed by atoms with Gasteiger partial charge in [0.15, 0.2) is 5.78 Å². The molecule has 242 valence electrons. The van der Waals surface area contributed by atoms with Crippen molar-refractivity contribution >= 4 is 51.4 Å². The molecule has 1 unspecified atom stereocenters. The summed E-state index contributed by atoms with van der Waals surface area (Å²) in [6.45, 7) is 9.76. The highest BCUT2D eigenvalue weighted by atomic mass is 79.9. The highest BCUT2D eigenvalue weighted by Crippen LogP contribution is 2.58. The number of fused-ring (bicyclic) bond motifs is 1. The van der Waals surface area contributed by atoms with Crippen LogP contribution < -0.4 is 0 Å². The number of carbonyl (C=O) groups excluding carboxylic acids is 4. The number of halogens is 1. The third-order valence-corrected chi connectivity index (χ3v) is 11.5. The summed E-state index contributed by atoms with van der Waals surface area (Å²) >= 11 is 4.68. The fourth-order valence-corrected chi connectivity index (χ4v) is 8.16. The fraction of sp³-hybridized carbons (Fsp3) is 0.697. The Hall–Kier alpha value is -2.11. The smallest absolute Gasteiger partial charge is 0.306 e. The van der Waals surface area contributed by atoms with E-state index in [1.165, 1.54) is 18.5 Å². The number of ketones is 2. The first-order valence-corrected chi connectivity index (χ1v) is 17.1. The topological polar surface area (TPSA) is 124 Å². The van der Waals surface area contributed by atoms with Crippen molar-refractivity contribution in [1.82, 2.24) is 4.90 Å². The average Bonchev–Trinajstić information content (AvgIpc) is 3.78. The van der Waals surface area contributed by atoms with Crippen molar-refractivity contribution in [2.45, 2.75) is 109 Å². The maximum atomic E-state index is 14.3. The van der Waals surface area contributed by atoms with Crippen LogP contribution in [0.2, 0.25) is 0 Å². The molecule has 0 radical (unpaired) electrons. The second-order valence-electron chi connectivity index (χ2n) is 14.1. The molecule has 9 nitrogen and oxygen atoms in total. The van der Waals surface area contributed by atoms with Gasteiger partial charge in [-0.3, -0.25) is 19.2 Å². The first kappa shape index (κ1) is 34.8. The molecule has 0 bridgehead atoms. The molecule has 0 N–H and O–H groups in total. The third kappa shape index (κ3) is 7.99. The number of rotatable bonds is 12. The minimum Gasteiger partial charge on any atom is -0.462 e. The number of amides is 1. The zero-order valence-corrected chi connectivity index (χ0v) is 28.6. The van der Waals surface area contributed by atoms with E-state index in [1.54, 1.807) is 11.8 Å². The summed E-state index contributed by atoms with van der Waals surface area (Å²) in [6, 6.07) is 7.07. The van der Waals surface area contributed by atoms with E-state index in [9.17, 15) is 19.2 Å². The van der Waals surface area contributed by atoms with Gasteiger partial charge in [0.2, 0.25) is 5.91 Å². The van der Waals surface area contributed by atoms with E-state index in [-0.39, 0.29) is 61.0 Å². The lowest BCUT2D eigenvalue weighted by Gasteiger charge is -2.35. The number of hydrogen-bond acceptors (Lipinski definition) is 9. The van der Waals surface area contributed by atoms with Gasteiger partial charge >= 0.3 is 5.97 Å². The van der Waals surface area contributed by atoms with Crippen molar-refractivity contribution in [2.24, 2.45) is 34.5 Å². The number of esters is 1. The van der Waals surface area contributed by atoms with Crippen LogP contribution in [-0.2, 0) is 28.1 Å². The van der Waals surface area contributed by atoms with E-state index in [1.807, 2.05) is 45.0 Å². The Morgan fingerprint density at radius 2 is 1.66 bits per heavy atom. The van der Waals surface area contributed by atoms with Crippen molar-refractivity contribution in [1.29, 1.82) is 0 Å². The number of carbonyl (C=O) groups is 4. The molecule has 8 atom stereocenters. The molecule has 0 spiro atoms. The first-order chi connectivity index (χ1) is 20.8. The molecule has 4 fully saturated rings. The minimum absolute atomic E-state index is 0.0139. The van der Waals surface area contributed by atoms with Crippen LogP contribution in [0.1, 0.15) is 86.0 Å². The normalized spacial score (nSPS) is 30.9. The zero-order valence-electron chi connectivity index (χ0n) is 26.2. The minimum atomic E-state index is -0.690. The quantitative estimate of drug-likeness (QED) is 0.170. The van der Waals surface area contributed by atoms with Crippen LogP contribution in [0.15, 0.2) is 33.6 Å². The Bertz CT molecular complexity index is 1230. The van der Waals surface area contributed by atoms with Crippen LogP contribution in [0, 0.1) is 44.4 Å². The Balaban J connectivity index is 0.00000216. The summed E-state index contributed by atoms with van der Waals surface area (Å²) in [5, 5.41) is 0. The summed E-state index contributed by atoms with van der Waals surface area (Å²) in [7, 11) is 0. The van der Waals surface area contributed by atoms with Crippen LogP contribution >= 0.6 is 28.0 Å². The van der Waals surface area contributed by atoms with Crippen molar-refractivity contribution in [3.8, 4) is 0 Å². The van der Waals surface area contributed by atoms with Gasteiger partial charge in [0, 0.05) is 56.1 Å². The van der Waals surface area contributed by atoms with Crippen LogP contribution in [0.3, 0.4) is 0 Å². The van der Waals surface area contributed by atoms with Gasteiger partial charge in [-0.15, -0.1) is 0 Å². The highest BCUT2D eigenvalue weighted by molar-refractivity contribution is 9.10. The number of ether oxygens (including phenoxy) is 1. The van der Waals surface area contributed by atoms with Gasteiger partial charge in [-0.1, -0.05) is 50.0 Å². The molecule has 1 heterocycles. The predicted octanol–water partition coefficient (Wildman–Crippen LogP) is 6.87. The molecule has 1 aromatic rings. The Morgan fingerprint density at radius 3 is 2.20 bits per heavy atom. The maximum Gasteiger partial charge on any atom is 0.306 e. The van der Waals surface area contributed by atoms with Gasteiger partial charge < -0.3 is 13.8 Å². The van der Waals surface area contributed by atoms with Crippen LogP contribution in [-0.4, -0.2) is 53.1 Å². The lowest BCUT2D eigenvalue weighted by atomic mass is 9.77. The van der Waals surface area contributed by atoms with Gasteiger partial charge in [-0.05, 0) is 80.0 Å². The fourth-order valence-electron chi connectivity index (χ4n) is 7.27. The van der Waals surface area contributed by atoms with Gasteiger partial charge in [-0.2, -0.15) is 0 Å². The molecule has 4 aliphatic rings. The van der Waals surface area contributed by atoms with E-state index >= 15 is 0 Å². The van der Waals surface area contributed by atoms with Crippen molar-refractivity contribution in [3.05, 3.63) is 38.7 Å². The Morgan fingerprint density at radius 1 is 1.02 bits per heavy atom. The molecule has 11 heteroatoms.